The number of hydrogen-bond acceptors (Lipinski definition) is 0. The largest absolute Gasteiger partial charge is 0.0622 e. The lowest BCUT2D eigenvalue weighted by atomic mass is 9.79. The van der Waals surface area contributed by atoms with Gasteiger partial charge in [0.05, 0.1) is 0 Å². The SMILES string of the molecule is C(=C(c1ccccc1)C1CC2CCC1C2)c1ccccc1. The van der Waals surface area contributed by atoms with Crippen LogP contribution in [0.1, 0.15) is 36.8 Å². The average molecular weight is 274 g/mol. The molecule has 0 radical (unpaired) electrons. The molecule has 0 aromatic heterocycles. The first-order valence-corrected chi connectivity index (χ1v) is 8.22. The molecule has 106 valence electrons. The lowest BCUT2D eigenvalue weighted by Crippen LogP contribution is -2.12. The van der Waals surface area contributed by atoms with Gasteiger partial charge in [-0.15, -0.1) is 0 Å². The van der Waals surface area contributed by atoms with Gasteiger partial charge in [0.2, 0.25) is 0 Å². The van der Waals surface area contributed by atoms with Crippen LogP contribution in [0.5, 0.6) is 0 Å². The molecular weight excluding hydrogens is 252 g/mol. The summed E-state index contributed by atoms with van der Waals surface area (Å²) >= 11 is 0. The second kappa shape index (κ2) is 5.52. The Morgan fingerprint density at radius 3 is 2.14 bits per heavy atom. The average Bonchev–Trinajstić information content (AvgIpc) is 3.17. The molecule has 2 aromatic carbocycles. The molecule has 2 aliphatic carbocycles. The molecule has 0 nitrogen and oxygen atoms in total. The Balaban J connectivity index is 1.74. The quantitative estimate of drug-likeness (QED) is 0.633. The van der Waals surface area contributed by atoms with E-state index in [0.29, 0.717) is 0 Å². The molecule has 0 N–H and O–H groups in total. The third-order valence-corrected chi connectivity index (χ3v) is 5.37. The summed E-state index contributed by atoms with van der Waals surface area (Å²) in [4.78, 5) is 0. The Morgan fingerprint density at radius 2 is 1.52 bits per heavy atom. The minimum Gasteiger partial charge on any atom is -0.0622 e. The minimum absolute atomic E-state index is 0.770. The lowest BCUT2D eigenvalue weighted by molar-refractivity contribution is 0.406. The predicted molar refractivity (Wildman–Crippen MR) is 89.7 cm³/mol. The molecule has 0 aliphatic heterocycles. The Hall–Kier alpha value is -1.82. The smallest absolute Gasteiger partial charge is 0.0125 e. The second-order valence-corrected chi connectivity index (χ2v) is 6.66. The maximum Gasteiger partial charge on any atom is -0.0125 e. The molecule has 0 heteroatoms. The zero-order valence-corrected chi connectivity index (χ0v) is 12.4. The summed E-state index contributed by atoms with van der Waals surface area (Å²) in [6, 6.07) is 21.8. The Bertz CT molecular complexity index is 624. The zero-order valence-electron chi connectivity index (χ0n) is 12.4. The van der Waals surface area contributed by atoms with Crippen molar-refractivity contribution in [3.05, 3.63) is 71.8 Å². The summed E-state index contributed by atoms with van der Waals surface area (Å²) in [5, 5.41) is 0. The van der Waals surface area contributed by atoms with Crippen molar-refractivity contribution in [2.75, 3.05) is 0 Å². The first kappa shape index (κ1) is 12.9. The van der Waals surface area contributed by atoms with E-state index in [1.54, 1.807) is 5.57 Å². The van der Waals surface area contributed by atoms with Crippen LogP contribution in [-0.4, -0.2) is 0 Å². The van der Waals surface area contributed by atoms with Gasteiger partial charge >= 0.3 is 0 Å². The number of fused-ring (bicyclic) bond motifs is 2. The zero-order chi connectivity index (χ0) is 14.1. The van der Waals surface area contributed by atoms with Crippen molar-refractivity contribution in [1.82, 2.24) is 0 Å². The van der Waals surface area contributed by atoms with Gasteiger partial charge in [-0.2, -0.15) is 0 Å². The molecule has 2 saturated carbocycles. The molecule has 2 aromatic rings. The monoisotopic (exact) mass is 274 g/mol. The summed E-state index contributed by atoms with van der Waals surface area (Å²) in [6.45, 7) is 0. The maximum absolute atomic E-state index is 2.43. The molecule has 2 aliphatic rings. The van der Waals surface area contributed by atoms with Crippen molar-refractivity contribution in [2.45, 2.75) is 25.7 Å². The lowest BCUT2D eigenvalue weighted by Gasteiger charge is -2.25. The highest BCUT2D eigenvalue weighted by molar-refractivity contribution is 5.83. The molecule has 4 rings (SSSR count). The van der Waals surface area contributed by atoms with E-state index in [0.717, 1.165) is 17.8 Å². The molecule has 2 fully saturated rings. The van der Waals surface area contributed by atoms with Gasteiger partial charge < -0.3 is 0 Å². The predicted octanol–water partition coefficient (Wildman–Crippen LogP) is 5.66. The minimum atomic E-state index is 0.770. The van der Waals surface area contributed by atoms with Crippen molar-refractivity contribution in [3.63, 3.8) is 0 Å². The van der Waals surface area contributed by atoms with E-state index in [2.05, 4.69) is 66.7 Å². The fraction of sp³-hybridized carbons (Fsp3) is 0.333. The van der Waals surface area contributed by atoms with Crippen LogP contribution in [0.3, 0.4) is 0 Å². The van der Waals surface area contributed by atoms with E-state index in [1.807, 2.05) is 0 Å². The van der Waals surface area contributed by atoms with Crippen molar-refractivity contribution in [3.8, 4) is 0 Å². The molecule has 0 saturated heterocycles. The van der Waals surface area contributed by atoms with E-state index in [4.69, 9.17) is 0 Å². The molecule has 0 spiro atoms. The maximum atomic E-state index is 2.43. The fourth-order valence-electron chi connectivity index (χ4n) is 4.39. The van der Waals surface area contributed by atoms with Gasteiger partial charge in [-0.1, -0.05) is 73.2 Å². The number of allylic oxidation sites excluding steroid dienone is 1. The van der Waals surface area contributed by atoms with Crippen molar-refractivity contribution >= 4 is 11.6 Å². The van der Waals surface area contributed by atoms with Gasteiger partial charge in [-0.25, -0.2) is 0 Å². The van der Waals surface area contributed by atoms with E-state index >= 15 is 0 Å². The summed E-state index contributed by atoms with van der Waals surface area (Å²) in [7, 11) is 0. The van der Waals surface area contributed by atoms with E-state index in [-0.39, 0.29) is 0 Å². The summed E-state index contributed by atoms with van der Waals surface area (Å²) in [5.41, 5.74) is 4.31. The van der Waals surface area contributed by atoms with Gasteiger partial charge in [0.1, 0.15) is 0 Å². The number of benzene rings is 2. The van der Waals surface area contributed by atoms with Gasteiger partial charge in [-0.3, -0.25) is 0 Å². The molecule has 21 heavy (non-hydrogen) atoms. The van der Waals surface area contributed by atoms with Gasteiger partial charge in [-0.05, 0) is 53.7 Å². The van der Waals surface area contributed by atoms with Gasteiger partial charge in [0.25, 0.3) is 0 Å². The normalized spacial score (nSPS) is 28.0. The summed E-state index contributed by atoms with van der Waals surface area (Å²) in [6.07, 6.45) is 8.20. The molecule has 2 bridgehead atoms. The molecule has 0 amide bonds. The van der Waals surface area contributed by atoms with Crippen LogP contribution in [0.2, 0.25) is 0 Å². The van der Waals surface area contributed by atoms with E-state index in [1.165, 1.54) is 36.8 Å². The van der Waals surface area contributed by atoms with Crippen molar-refractivity contribution in [2.24, 2.45) is 17.8 Å². The van der Waals surface area contributed by atoms with Crippen LogP contribution in [0.15, 0.2) is 60.7 Å². The van der Waals surface area contributed by atoms with Crippen LogP contribution >= 0.6 is 0 Å². The first-order valence-electron chi connectivity index (χ1n) is 8.22. The summed E-state index contributed by atoms with van der Waals surface area (Å²) < 4.78 is 0. The highest BCUT2D eigenvalue weighted by atomic mass is 14.5. The van der Waals surface area contributed by atoms with E-state index < -0.39 is 0 Å². The van der Waals surface area contributed by atoms with E-state index in [9.17, 15) is 0 Å². The van der Waals surface area contributed by atoms with Gasteiger partial charge in [0.15, 0.2) is 0 Å². The molecule has 3 atom stereocenters. The van der Waals surface area contributed by atoms with Gasteiger partial charge in [0, 0.05) is 0 Å². The molecular formula is C21H22. The standard InChI is InChI=1S/C21H22/c1-3-7-16(8-4-1)14-20(18-9-5-2-6-10-18)21-15-17-11-12-19(21)13-17/h1-10,14,17,19,21H,11-13,15H2. The fourth-order valence-corrected chi connectivity index (χ4v) is 4.39. The molecule has 0 heterocycles. The van der Waals surface area contributed by atoms with Crippen molar-refractivity contribution in [1.29, 1.82) is 0 Å². The van der Waals surface area contributed by atoms with Crippen LogP contribution < -0.4 is 0 Å². The highest BCUT2D eigenvalue weighted by Crippen LogP contribution is 2.53. The first-order chi connectivity index (χ1) is 10.4. The third kappa shape index (κ3) is 2.55. The van der Waals surface area contributed by atoms with Crippen LogP contribution in [0.4, 0.5) is 0 Å². The Labute approximate surface area is 127 Å². The number of rotatable bonds is 3. The highest BCUT2D eigenvalue weighted by Gasteiger charge is 2.41. The second-order valence-electron chi connectivity index (χ2n) is 6.66. The third-order valence-electron chi connectivity index (χ3n) is 5.37. The Morgan fingerprint density at radius 1 is 0.810 bits per heavy atom. The van der Waals surface area contributed by atoms with Crippen LogP contribution in [0.25, 0.3) is 11.6 Å². The van der Waals surface area contributed by atoms with Crippen LogP contribution in [-0.2, 0) is 0 Å². The Kier molecular flexibility index (Phi) is 3.39. The topological polar surface area (TPSA) is 0 Å². The summed E-state index contributed by atoms with van der Waals surface area (Å²) in [5.74, 6) is 2.68. The van der Waals surface area contributed by atoms with Crippen molar-refractivity contribution < 1.29 is 0 Å². The molecule has 3 unspecified atom stereocenters. The number of hydrogen-bond donors (Lipinski definition) is 0. The van der Waals surface area contributed by atoms with Crippen LogP contribution in [0, 0.1) is 17.8 Å².